The molecular formula is C19H41N5. The van der Waals surface area contributed by atoms with E-state index in [1.54, 1.807) is 0 Å². The number of rotatable bonds is 9. The summed E-state index contributed by atoms with van der Waals surface area (Å²) in [5, 5.41) is 6.87. The predicted molar refractivity (Wildman–Crippen MR) is 106 cm³/mol. The van der Waals surface area contributed by atoms with Crippen molar-refractivity contribution in [3.8, 4) is 0 Å². The number of aliphatic imine (C=N–C) groups is 1. The Morgan fingerprint density at radius 1 is 1.12 bits per heavy atom. The molecule has 0 atom stereocenters. The highest BCUT2D eigenvalue weighted by atomic mass is 15.2. The van der Waals surface area contributed by atoms with Crippen LogP contribution in [0.1, 0.15) is 53.9 Å². The van der Waals surface area contributed by atoms with E-state index in [9.17, 15) is 0 Å². The Hall–Kier alpha value is -0.810. The first-order chi connectivity index (χ1) is 11.4. The first-order valence-electron chi connectivity index (χ1n) is 9.90. The molecule has 0 aliphatic carbocycles. The summed E-state index contributed by atoms with van der Waals surface area (Å²) in [6.45, 7) is 17.5. The molecule has 5 heteroatoms. The van der Waals surface area contributed by atoms with E-state index >= 15 is 0 Å². The summed E-state index contributed by atoms with van der Waals surface area (Å²) < 4.78 is 0. The third-order valence-electron chi connectivity index (χ3n) is 4.98. The normalized spacial score (nSPS) is 18.0. The molecule has 0 unspecified atom stereocenters. The van der Waals surface area contributed by atoms with Crippen LogP contribution in [-0.4, -0.2) is 74.2 Å². The van der Waals surface area contributed by atoms with Crippen LogP contribution in [-0.2, 0) is 0 Å². The molecule has 142 valence electrons. The lowest BCUT2D eigenvalue weighted by Crippen LogP contribution is -2.45. The molecule has 0 aromatic carbocycles. The zero-order valence-corrected chi connectivity index (χ0v) is 16.9. The molecule has 0 radical (unpaired) electrons. The number of nitrogens with one attached hydrogen (secondary N) is 2. The summed E-state index contributed by atoms with van der Waals surface area (Å²) in [5.41, 5.74) is 0. The molecule has 0 spiro atoms. The van der Waals surface area contributed by atoms with Crippen molar-refractivity contribution in [2.75, 3.05) is 46.3 Å². The van der Waals surface area contributed by atoms with Crippen molar-refractivity contribution >= 4 is 5.96 Å². The van der Waals surface area contributed by atoms with Gasteiger partial charge < -0.3 is 15.5 Å². The molecule has 2 N–H and O–H groups in total. The molecule has 1 aliphatic rings. The van der Waals surface area contributed by atoms with Crippen molar-refractivity contribution in [3.05, 3.63) is 0 Å². The summed E-state index contributed by atoms with van der Waals surface area (Å²) in [6.07, 6.45) is 3.87. The third kappa shape index (κ3) is 8.34. The maximum absolute atomic E-state index is 4.78. The monoisotopic (exact) mass is 339 g/mol. The van der Waals surface area contributed by atoms with Crippen molar-refractivity contribution in [1.82, 2.24) is 20.4 Å². The second-order valence-electron chi connectivity index (χ2n) is 7.65. The van der Waals surface area contributed by atoms with E-state index in [4.69, 9.17) is 4.99 Å². The minimum Gasteiger partial charge on any atom is -0.357 e. The average Bonchev–Trinajstić information content (AvgIpc) is 2.52. The van der Waals surface area contributed by atoms with Crippen LogP contribution in [0.15, 0.2) is 4.99 Å². The molecule has 0 saturated carbocycles. The molecule has 0 bridgehead atoms. The van der Waals surface area contributed by atoms with Crippen molar-refractivity contribution in [1.29, 1.82) is 0 Å². The summed E-state index contributed by atoms with van der Waals surface area (Å²) in [5.74, 6) is 1.82. The van der Waals surface area contributed by atoms with Crippen LogP contribution in [0.5, 0.6) is 0 Å². The number of likely N-dealkylation sites (tertiary alicyclic amines) is 1. The van der Waals surface area contributed by atoms with Gasteiger partial charge in [0.25, 0.3) is 0 Å². The lowest BCUT2D eigenvalue weighted by molar-refractivity contribution is 0.178. The Kier molecular flexibility index (Phi) is 10.3. The van der Waals surface area contributed by atoms with Gasteiger partial charge in [0.15, 0.2) is 5.96 Å². The van der Waals surface area contributed by atoms with E-state index in [0.717, 1.165) is 38.1 Å². The first kappa shape index (κ1) is 21.2. The second kappa shape index (κ2) is 11.7. The molecular weight excluding hydrogens is 298 g/mol. The van der Waals surface area contributed by atoms with Crippen LogP contribution in [0.2, 0.25) is 0 Å². The van der Waals surface area contributed by atoms with Gasteiger partial charge >= 0.3 is 0 Å². The number of guanidine groups is 1. The Labute approximate surface area is 150 Å². The maximum Gasteiger partial charge on any atom is 0.191 e. The fourth-order valence-electron chi connectivity index (χ4n) is 3.47. The smallest absolute Gasteiger partial charge is 0.191 e. The van der Waals surface area contributed by atoms with Gasteiger partial charge in [-0.05, 0) is 79.9 Å². The van der Waals surface area contributed by atoms with Crippen LogP contribution < -0.4 is 10.6 Å². The molecule has 1 fully saturated rings. The van der Waals surface area contributed by atoms with E-state index in [2.05, 4.69) is 62.1 Å². The predicted octanol–water partition coefficient (Wildman–Crippen LogP) is 2.39. The van der Waals surface area contributed by atoms with Crippen LogP contribution in [0.4, 0.5) is 0 Å². The quantitative estimate of drug-likeness (QED) is 0.500. The van der Waals surface area contributed by atoms with Gasteiger partial charge in [0, 0.05) is 38.3 Å². The largest absolute Gasteiger partial charge is 0.357 e. The van der Waals surface area contributed by atoms with Gasteiger partial charge in [-0.3, -0.25) is 9.89 Å². The molecule has 1 aliphatic heterocycles. The maximum atomic E-state index is 4.78. The van der Waals surface area contributed by atoms with Gasteiger partial charge in [-0.15, -0.1) is 0 Å². The van der Waals surface area contributed by atoms with E-state index in [0.29, 0.717) is 12.1 Å². The molecule has 0 amide bonds. The van der Waals surface area contributed by atoms with E-state index in [1.807, 2.05) is 0 Å². The molecule has 1 saturated heterocycles. The van der Waals surface area contributed by atoms with Crippen molar-refractivity contribution < 1.29 is 0 Å². The minimum absolute atomic E-state index is 0.579. The molecule has 24 heavy (non-hydrogen) atoms. The van der Waals surface area contributed by atoms with Gasteiger partial charge in [-0.25, -0.2) is 0 Å². The van der Waals surface area contributed by atoms with Gasteiger partial charge in [0.2, 0.25) is 0 Å². The van der Waals surface area contributed by atoms with Crippen molar-refractivity contribution in [3.63, 3.8) is 0 Å². The van der Waals surface area contributed by atoms with Gasteiger partial charge in [-0.1, -0.05) is 0 Å². The average molecular weight is 340 g/mol. The van der Waals surface area contributed by atoms with E-state index < -0.39 is 0 Å². The zero-order valence-electron chi connectivity index (χ0n) is 16.9. The summed E-state index contributed by atoms with van der Waals surface area (Å²) in [6, 6.07) is 1.16. The number of piperidine rings is 1. The lowest BCUT2D eigenvalue weighted by Gasteiger charge is -2.30. The lowest BCUT2D eigenvalue weighted by atomic mass is 9.94. The van der Waals surface area contributed by atoms with Gasteiger partial charge in [0.05, 0.1) is 0 Å². The van der Waals surface area contributed by atoms with Crippen LogP contribution in [0.25, 0.3) is 0 Å². The summed E-state index contributed by atoms with van der Waals surface area (Å²) in [4.78, 5) is 9.72. The van der Waals surface area contributed by atoms with Crippen molar-refractivity contribution in [2.24, 2.45) is 10.9 Å². The fraction of sp³-hybridized carbons (Fsp3) is 0.947. The van der Waals surface area contributed by atoms with Crippen LogP contribution in [0.3, 0.4) is 0 Å². The Bertz CT molecular complexity index is 338. The van der Waals surface area contributed by atoms with Gasteiger partial charge in [0.1, 0.15) is 0 Å². The number of hydrogen-bond acceptors (Lipinski definition) is 3. The molecule has 1 heterocycles. The van der Waals surface area contributed by atoms with E-state index in [1.165, 1.54) is 32.4 Å². The molecule has 0 aromatic heterocycles. The number of hydrogen-bond donors (Lipinski definition) is 2. The van der Waals surface area contributed by atoms with Crippen LogP contribution in [0, 0.1) is 5.92 Å². The summed E-state index contributed by atoms with van der Waals surface area (Å²) in [7, 11) is 2.22. The first-order valence-corrected chi connectivity index (χ1v) is 9.90. The van der Waals surface area contributed by atoms with E-state index in [-0.39, 0.29) is 0 Å². The highest BCUT2D eigenvalue weighted by molar-refractivity contribution is 5.79. The summed E-state index contributed by atoms with van der Waals surface area (Å²) >= 11 is 0. The minimum atomic E-state index is 0.579. The molecule has 5 nitrogen and oxygen atoms in total. The second-order valence-corrected chi connectivity index (χ2v) is 7.65. The Morgan fingerprint density at radius 2 is 1.75 bits per heavy atom. The third-order valence-corrected chi connectivity index (χ3v) is 4.98. The van der Waals surface area contributed by atoms with Crippen molar-refractivity contribution in [2.45, 2.75) is 66.0 Å². The van der Waals surface area contributed by atoms with Gasteiger partial charge in [-0.2, -0.15) is 0 Å². The molecule has 0 aromatic rings. The Morgan fingerprint density at radius 3 is 2.29 bits per heavy atom. The van der Waals surface area contributed by atoms with Crippen LogP contribution >= 0.6 is 0 Å². The highest BCUT2D eigenvalue weighted by Gasteiger charge is 2.16. The highest BCUT2D eigenvalue weighted by Crippen LogP contribution is 2.19. The standard InChI is InChI=1S/C19H41N5/c1-7-20-19(22-12-15-24(16(2)3)17(4)5)21-11-8-18-9-13-23(6)14-10-18/h16-18H,7-15H2,1-6H3,(H2,20,21,22). The SMILES string of the molecule is CCNC(=NCCC1CCN(C)CC1)NCCN(C(C)C)C(C)C. The number of nitrogens with zero attached hydrogens (tertiary/aromatic N) is 3. The fourth-order valence-corrected chi connectivity index (χ4v) is 3.47. The molecule has 1 rings (SSSR count). The Balaban J connectivity index is 2.34. The zero-order chi connectivity index (χ0) is 17.9. The topological polar surface area (TPSA) is 42.9 Å².